The second-order valence-corrected chi connectivity index (χ2v) is 9.24. The van der Waals surface area contributed by atoms with Gasteiger partial charge in [-0.2, -0.15) is 0 Å². The van der Waals surface area contributed by atoms with Gasteiger partial charge in [0.15, 0.2) is 0 Å². The fourth-order valence-electron chi connectivity index (χ4n) is 4.88. The van der Waals surface area contributed by atoms with E-state index in [2.05, 4.69) is 15.6 Å². The Labute approximate surface area is 226 Å². The molecule has 2 fully saturated rings. The van der Waals surface area contributed by atoms with Gasteiger partial charge in [-0.3, -0.25) is 14.4 Å². The van der Waals surface area contributed by atoms with Crippen LogP contribution < -0.4 is 10.6 Å². The number of hydrogen-bond acceptors (Lipinski definition) is 5. The summed E-state index contributed by atoms with van der Waals surface area (Å²) in [6.07, 6.45) is 6.01. The topological polar surface area (TPSA) is 105 Å². The zero-order valence-electron chi connectivity index (χ0n) is 19.4. The second-order valence-electron chi connectivity index (χ2n) is 8.80. The Kier molecular flexibility index (Phi) is 9.22. The molecular weight excluding hydrogens is 527 g/mol. The summed E-state index contributed by atoms with van der Waals surface area (Å²) in [6.45, 7) is 0.822. The quantitative estimate of drug-likeness (QED) is 0.422. The van der Waals surface area contributed by atoms with Gasteiger partial charge in [0.25, 0.3) is 5.91 Å². The van der Waals surface area contributed by atoms with Crippen LogP contribution in [0.1, 0.15) is 49.1 Å². The van der Waals surface area contributed by atoms with Crippen molar-refractivity contribution in [2.24, 2.45) is 5.92 Å². The Morgan fingerprint density at radius 1 is 1.03 bits per heavy atom. The van der Waals surface area contributed by atoms with Crippen molar-refractivity contribution in [1.29, 1.82) is 0 Å². The minimum Gasteiger partial charge on any atom is -0.449 e. The van der Waals surface area contributed by atoms with E-state index in [4.69, 9.17) is 16.0 Å². The number of nitrogens with one attached hydrogen (secondary N) is 2. The van der Waals surface area contributed by atoms with Crippen molar-refractivity contribution in [2.75, 3.05) is 17.2 Å². The van der Waals surface area contributed by atoms with Crippen LogP contribution in [0.5, 0.6) is 0 Å². The molecule has 2 N–H and O–H groups in total. The minimum atomic E-state index is -0.516. The molecule has 1 aromatic carbocycles. The van der Waals surface area contributed by atoms with E-state index in [9.17, 15) is 14.4 Å². The van der Waals surface area contributed by atoms with Crippen molar-refractivity contribution in [3.63, 3.8) is 0 Å². The van der Waals surface area contributed by atoms with Crippen molar-refractivity contribution >= 4 is 76.6 Å². The van der Waals surface area contributed by atoms with E-state index < -0.39 is 5.91 Å². The highest BCUT2D eigenvalue weighted by Gasteiger charge is 2.34. The average molecular weight is 554 g/mol. The summed E-state index contributed by atoms with van der Waals surface area (Å²) in [5, 5.41) is 6.76. The molecule has 1 aliphatic heterocycles. The molecular formula is C25H27Cl3N4O4. The molecule has 0 spiro atoms. The number of hydrogen-bond donors (Lipinski definition) is 2. The van der Waals surface area contributed by atoms with Crippen LogP contribution in [-0.2, 0) is 9.59 Å². The van der Waals surface area contributed by atoms with Gasteiger partial charge in [0.2, 0.25) is 17.6 Å². The summed E-state index contributed by atoms with van der Waals surface area (Å²) < 4.78 is 5.82. The maximum atomic E-state index is 13.2. The Balaban J connectivity index is 0.00000180. The highest BCUT2D eigenvalue weighted by Crippen LogP contribution is 2.34. The number of furan rings is 1. The largest absolute Gasteiger partial charge is 0.449 e. The fourth-order valence-corrected chi connectivity index (χ4v) is 4.99. The first kappa shape index (κ1) is 27.8. The van der Waals surface area contributed by atoms with E-state index in [0.717, 1.165) is 25.8 Å². The predicted molar refractivity (Wildman–Crippen MR) is 143 cm³/mol. The predicted octanol–water partition coefficient (Wildman–Crippen LogP) is 5.70. The van der Waals surface area contributed by atoms with Gasteiger partial charge in [0, 0.05) is 36.5 Å². The van der Waals surface area contributed by atoms with Gasteiger partial charge in [0.1, 0.15) is 17.1 Å². The first-order valence-electron chi connectivity index (χ1n) is 11.5. The van der Waals surface area contributed by atoms with Gasteiger partial charge in [0.05, 0.1) is 5.02 Å². The first-order valence-corrected chi connectivity index (χ1v) is 11.9. The third-order valence-corrected chi connectivity index (χ3v) is 6.86. The van der Waals surface area contributed by atoms with Crippen molar-refractivity contribution < 1.29 is 18.8 Å². The maximum absolute atomic E-state index is 13.2. The number of carbonyl (C=O) groups is 3. The number of para-hydroxylation sites is 1. The van der Waals surface area contributed by atoms with Crippen LogP contribution in [0.25, 0.3) is 11.0 Å². The molecule has 3 heterocycles. The van der Waals surface area contributed by atoms with Gasteiger partial charge in [-0.05, 0) is 56.4 Å². The number of benzene rings is 1. The van der Waals surface area contributed by atoms with Gasteiger partial charge < -0.3 is 20.0 Å². The maximum Gasteiger partial charge on any atom is 0.294 e. The summed E-state index contributed by atoms with van der Waals surface area (Å²) in [7, 11) is 0. The summed E-state index contributed by atoms with van der Waals surface area (Å²) >= 11 is 5.87. The van der Waals surface area contributed by atoms with Crippen LogP contribution in [0.2, 0.25) is 5.02 Å². The third kappa shape index (κ3) is 5.77. The number of amides is 3. The van der Waals surface area contributed by atoms with Crippen LogP contribution >= 0.6 is 36.4 Å². The Morgan fingerprint density at radius 3 is 2.44 bits per heavy atom. The number of fused-ring (bicyclic) bond motifs is 1. The smallest absolute Gasteiger partial charge is 0.294 e. The van der Waals surface area contributed by atoms with E-state index >= 15 is 0 Å². The van der Waals surface area contributed by atoms with Crippen molar-refractivity contribution in [3.05, 3.63) is 53.4 Å². The zero-order chi connectivity index (χ0) is 23.7. The zero-order valence-corrected chi connectivity index (χ0v) is 21.8. The SMILES string of the molecule is Cl.Cl.O=C(Nc1ccc(Cl)cn1)c1oc2ccccc2c1NC(=O)C1CCC(N2CCCC2=O)CC1. The molecule has 8 nitrogen and oxygen atoms in total. The lowest BCUT2D eigenvalue weighted by atomic mass is 9.84. The van der Waals surface area contributed by atoms with E-state index in [-0.39, 0.29) is 54.3 Å². The lowest BCUT2D eigenvalue weighted by Gasteiger charge is -2.34. The molecule has 192 valence electrons. The number of rotatable bonds is 5. The minimum absolute atomic E-state index is 0. The molecule has 0 atom stereocenters. The Hall–Kier alpha value is -2.81. The molecule has 1 aliphatic carbocycles. The lowest BCUT2D eigenvalue weighted by Crippen LogP contribution is -2.40. The molecule has 0 bridgehead atoms. The van der Waals surface area contributed by atoms with E-state index in [1.807, 2.05) is 17.0 Å². The summed E-state index contributed by atoms with van der Waals surface area (Å²) in [6, 6.07) is 10.6. The highest BCUT2D eigenvalue weighted by molar-refractivity contribution is 6.30. The molecule has 3 amide bonds. The second kappa shape index (κ2) is 12.0. The summed E-state index contributed by atoms with van der Waals surface area (Å²) in [4.78, 5) is 44.3. The number of pyridine rings is 1. The Morgan fingerprint density at radius 2 is 1.78 bits per heavy atom. The average Bonchev–Trinajstić information content (AvgIpc) is 3.44. The lowest BCUT2D eigenvalue weighted by molar-refractivity contribution is -0.130. The highest BCUT2D eigenvalue weighted by atomic mass is 35.5. The van der Waals surface area contributed by atoms with Crippen LogP contribution in [0.15, 0.2) is 47.0 Å². The molecule has 3 aromatic rings. The number of nitrogens with zero attached hydrogens (tertiary/aromatic N) is 2. The van der Waals surface area contributed by atoms with Crippen molar-refractivity contribution in [3.8, 4) is 0 Å². The van der Waals surface area contributed by atoms with E-state index in [0.29, 0.717) is 46.8 Å². The molecule has 2 aliphatic rings. The first-order chi connectivity index (χ1) is 16.5. The third-order valence-electron chi connectivity index (χ3n) is 6.64. The monoisotopic (exact) mass is 552 g/mol. The molecule has 0 radical (unpaired) electrons. The normalized spacial score (nSPS) is 19.4. The van der Waals surface area contributed by atoms with E-state index in [1.165, 1.54) is 6.20 Å². The molecule has 5 rings (SSSR count). The molecule has 11 heteroatoms. The molecule has 36 heavy (non-hydrogen) atoms. The molecule has 1 saturated heterocycles. The van der Waals surface area contributed by atoms with Crippen molar-refractivity contribution in [1.82, 2.24) is 9.88 Å². The number of carbonyl (C=O) groups excluding carboxylic acids is 3. The van der Waals surface area contributed by atoms with Gasteiger partial charge >= 0.3 is 0 Å². The van der Waals surface area contributed by atoms with E-state index in [1.54, 1.807) is 24.3 Å². The molecule has 1 saturated carbocycles. The fraction of sp³-hybridized carbons (Fsp3) is 0.360. The summed E-state index contributed by atoms with van der Waals surface area (Å²) in [5.41, 5.74) is 0.854. The van der Waals surface area contributed by atoms with Crippen LogP contribution in [0, 0.1) is 5.92 Å². The summed E-state index contributed by atoms with van der Waals surface area (Å²) in [5.74, 6) is -0.279. The number of aromatic nitrogens is 1. The standard InChI is InChI=1S/C25H25ClN4O4.2ClH/c26-16-9-12-20(27-14-16)28-25(33)23-22(18-4-1-2-5-19(18)34-23)29-24(32)15-7-10-17(11-8-15)30-13-3-6-21(30)31;;/h1-2,4-5,9,12,14-15,17H,3,6-8,10-11,13H2,(H,29,32)(H,27,28,33);2*1H. The van der Waals surface area contributed by atoms with Crippen molar-refractivity contribution in [2.45, 2.75) is 44.6 Å². The molecule has 0 unspecified atom stereocenters. The number of anilines is 2. The Bertz CT molecular complexity index is 1240. The van der Waals surface area contributed by atoms with Crippen LogP contribution in [0.4, 0.5) is 11.5 Å². The van der Waals surface area contributed by atoms with Gasteiger partial charge in [-0.15, -0.1) is 24.8 Å². The van der Waals surface area contributed by atoms with Gasteiger partial charge in [-0.1, -0.05) is 23.7 Å². The number of likely N-dealkylation sites (tertiary alicyclic amines) is 1. The van der Waals surface area contributed by atoms with Crippen LogP contribution in [-0.4, -0.2) is 40.2 Å². The molecule has 2 aromatic heterocycles. The van der Waals surface area contributed by atoms with Crippen LogP contribution in [0.3, 0.4) is 0 Å². The number of halogens is 3. The van der Waals surface area contributed by atoms with Gasteiger partial charge in [-0.25, -0.2) is 4.98 Å².